The highest BCUT2D eigenvalue weighted by molar-refractivity contribution is 9.10. The van der Waals surface area contributed by atoms with Crippen molar-refractivity contribution in [2.75, 3.05) is 44.0 Å². The van der Waals surface area contributed by atoms with Crippen molar-refractivity contribution in [2.45, 2.75) is 0 Å². The number of hydrogen-bond acceptors (Lipinski definition) is 6. The lowest BCUT2D eigenvalue weighted by molar-refractivity contribution is 0.0593. The fraction of sp³-hybridized carbons (Fsp3) is 0.294. The van der Waals surface area contributed by atoms with Crippen LogP contribution in [0.2, 0.25) is 0 Å². The zero-order valence-electron chi connectivity index (χ0n) is 13.7. The molecule has 0 radical (unpaired) electrons. The lowest BCUT2D eigenvalue weighted by Crippen LogP contribution is -2.36. The van der Waals surface area contributed by atoms with E-state index in [1.807, 2.05) is 24.3 Å². The molecule has 0 aliphatic carbocycles. The molecule has 1 aromatic heterocycles. The SMILES string of the molecule is COC(=O)c1c(N)c(C#N)cn1-c1ccc(N2CCOCC2)c(Br)c1. The number of nitrogen functional groups attached to an aromatic ring is 1. The van der Waals surface area contributed by atoms with Gasteiger partial charge in [0.05, 0.1) is 37.3 Å². The number of halogens is 1. The summed E-state index contributed by atoms with van der Waals surface area (Å²) in [6.07, 6.45) is 1.54. The molecule has 1 fully saturated rings. The summed E-state index contributed by atoms with van der Waals surface area (Å²) in [5.41, 5.74) is 8.18. The summed E-state index contributed by atoms with van der Waals surface area (Å²) in [6, 6.07) is 7.73. The molecule has 0 saturated carbocycles. The summed E-state index contributed by atoms with van der Waals surface area (Å²) in [5, 5.41) is 9.20. The molecule has 0 atom stereocenters. The minimum absolute atomic E-state index is 0.114. The summed E-state index contributed by atoms with van der Waals surface area (Å²) in [5.74, 6) is -0.590. The summed E-state index contributed by atoms with van der Waals surface area (Å²) in [6.45, 7) is 3.03. The summed E-state index contributed by atoms with van der Waals surface area (Å²) < 4.78 is 12.6. The third kappa shape index (κ3) is 3.21. The smallest absolute Gasteiger partial charge is 0.357 e. The van der Waals surface area contributed by atoms with Crippen molar-refractivity contribution < 1.29 is 14.3 Å². The topological polar surface area (TPSA) is 93.5 Å². The van der Waals surface area contributed by atoms with Crippen molar-refractivity contribution in [3.05, 3.63) is 40.1 Å². The third-order valence-corrected chi connectivity index (χ3v) is 4.74. The van der Waals surface area contributed by atoms with Crippen LogP contribution in [0, 0.1) is 11.3 Å². The molecular formula is C17H17BrN4O3. The van der Waals surface area contributed by atoms with E-state index in [1.54, 1.807) is 4.57 Å². The lowest BCUT2D eigenvalue weighted by Gasteiger charge is -2.30. The van der Waals surface area contributed by atoms with E-state index in [4.69, 9.17) is 15.2 Å². The van der Waals surface area contributed by atoms with E-state index in [0.29, 0.717) is 18.9 Å². The van der Waals surface area contributed by atoms with Gasteiger partial charge in [0, 0.05) is 29.4 Å². The number of ether oxygens (including phenoxy) is 2. The van der Waals surface area contributed by atoms with Gasteiger partial charge in [0.25, 0.3) is 0 Å². The number of methoxy groups -OCH3 is 1. The number of nitrogens with two attached hydrogens (primary N) is 1. The summed E-state index contributed by atoms with van der Waals surface area (Å²) in [4.78, 5) is 14.3. The van der Waals surface area contributed by atoms with Crippen LogP contribution in [0.15, 0.2) is 28.9 Å². The summed E-state index contributed by atoms with van der Waals surface area (Å²) >= 11 is 3.59. The van der Waals surface area contributed by atoms with Crippen LogP contribution in [0.5, 0.6) is 0 Å². The van der Waals surface area contributed by atoms with Gasteiger partial charge >= 0.3 is 5.97 Å². The molecule has 8 heteroatoms. The van der Waals surface area contributed by atoms with E-state index in [2.05, 4.69) is 20.8 Å². The first-order valence-corrected chi connectivity index (χ1v) is 8.48. The molecule has 1 aromatic carbocycles. The monoisotopic (exact) mass is 404 g/mol. The van der Waals surface area contributed by atoms with Gasteiger partial charge in [0.15, 0.2) is 5.69 Å². The number of carbonyl (C=O) groups excluding carboxylic acids is 1. The second-order valence-corrected chi connectivity index (χ2v) is 6.37. The van der Waals surface area contributed by atoms with Crippen LogP contribution in [-0.2, 0) is 9.47 Å². The average molecular weight is 405 g/mol. The zero-order chi connectivity index (χ0) is 18.0. The quantitative estimate of drug-likeness (QED) is 0.788. The fourth-order valence-electron chi connectivity index (χ4n) is 2.82. The molecule has 2 heterocycles. The minimum Gasteiger partial charge on any atom is -0.464 e. The molecule has 0 spiro atoms. The zero-order valence-corrected chi connectivity index (χ0v) is 15.2. The van der Waals surface area contributed by atoms with Crippen LogP contribution in [0.1, 0.15) is 16.1 Å². The van der Waals surface area contributed by atoms with Crippen LogP contribution in [0.4, 0.5) is 11.4 Å². The van der Waals surface area contributed by atoms with Gasteiger partial charge < -0.3 is 24.7 Å². The number of rotatable bonds is 3. The van der Waals surface area contributed by atoms with E-state index in [-0.39, 0.29) is 16.9 Å². The molecule has 1 aliphatic rings. The van der Waals surface area contributed by atoms with Crippen LogP contribution in [0.3, 0.4) is 0 Å². The highest BCUT2D eigenvalue weighted by atomic mass is 79.9. The van der Waals surface area contributed by atoms with Crippen molar-refractivity contribution >= 4 is 33.3 Å². The molecule has 25 heavy (non-hydrogen) atoms. The van der Waals surface area contributed by atoms with Gasteiger partial charge in [-0.15, -0.1) is 0 Å². The molecule has 2 aromatic rings. The number of nitriles is 1. The molecule has 130 valence electrons. The van der Waals surface area contributed by atoms with E-state index in [1.165, 1.54) is 13.3 Å². The molecule has 1 saturated heterocycles. The van der Waals surface area contributed by atoms with Crippen molar-refractivity contribution in [1.29, 1.82) is 5.26 Å². The van der Waals surface area contributed by atoms with Crippen LogP contribution in [-0.4, -0.2) is 43.9 Å². The highest BCUT2D eigenvalue weighted by Crippen LogP contribution is 2.31. The molecule has 2 N–H and O–H groups in total. The standard InChI is InChI=1S/C17H17BrN4O3/c1-24-17(23)16-15(20)11(9-19)10-22(16)12-2-3-14(13(18)8-12)21-4-6-25-7-5-21/h2-3,8,10H,4-7,20H2,1H3. The van der Waals surface area contributed by atoms with Gasteiger partial charge in [-0.05, 0) is 34.1 Å². The largest absolute Gasteiger partial charge is 0.464 e. The van der Waals surface area contributed by atoms with Gasteiger partial charge in [-0.25, -0.2) is 4.79 Å². The Morgan fingerprint density at radius 1 is 1.40 bits per heavy atom. The summed E-state index contributed by atoms with van der Waals surface area (Å²) in [7, 11) is 1.28. The molecule has 0 amide bonds. The van der Waals surface area contributed by atoms with Crippen LogP contribution < -0.4 is 10.6 Å². The first kappa shape index (κ1) is 17.3. The number of morpholine rings is 1. The third-order valence-electron chi connectivity index (χ3n) is 4.10. The van der Waals surface area contributed by atoms with Gasteiger partial charge in [-0.2, -0.15) is 5.26 Å². The number of benzene rings is 1. The van der Waals surface area contributed by atoms with Crippen molar-refractivity contribution in [1.82, 2.24) is 4.57 Å². The van der Waals surface area contributed by atoms with Crippen molar-refractivity contribution in [3.8, 4) is 11.8 Å². The molecule has 0 unspecified atom stereocenters. The molecule has 7 nitrogen and oxygen atoms in total. The number of esters is 1. The number of carbonyl (C=O) groups is 1. The van der Waals surface area contributed by atoms with E-state index < -0.39 is 5.97 Å². The fourth-order valence-corrected chi connectivity index (χ4v) is 3.44. The number of nitrogens with zero attached hydrogens (tertiary/aromatic N) is 3. The maximum atomic E-state index is 12.1. The second-order valence-electron chi connectivity index (χ2n) is 5.51. The highest BCUT2D eigenvalue weighted by Gasteiger charge is 2.22. The Hall–Kier alpha value is -2.50. The van der Waals surface area contributed by atoms with Crippen LogP contribution >= 0.6 is 15.9 Å². The molecule has 1 aliphatic heterocycles. The minimum atomic E-state index is -0.590. The lowest BCUT2D eigenvalue weighted by atomic mass is 10.2. The number of anilines is 2. The van der Waals surface area contributed by atoms with Gasteiger partial charge in [-0.1, -0.05) is 0 Å². The van der Waals surface area contributed by atoms with Gasteiger partial charge in [-0.3, -0.25) is 0 Å². The normalized spacial score (nSPS) is 14.2. The first-order valence-electron chi connectivity index (χ1n) is 7.68. The van der Waals surface area contributed by atoms with E-state index in [9.17, 15) is 10.1 Å². The van der Waals surface area contributed by atoms with E-state index in [0.717, 1.165) is 23.2 Å². The molecular weight excluding hydrogens is 388 g/mol. The molecule has 0 bridgehead atoms. The van der Waals surface area contributed by atoms with Crippen LogP contribution in [0.25, 0.3) is 5.69 Å². The van der Waals surface area contributed by atoms with E-state index >= 15 is 0 Å². The Kier molecular flexibility index (Phi) is 4.97. The van der Waals surface area contributed by atoms with Gasteiger partial charge in [0.1, 0.15) is 6.07 Å². The van der Waals surface area contributed by atoms with Crippen molar-refractivity contribution in [3.63, 3.8) is 0 Å². The second kappa shape index (κ2) is 7.17. The Morgan fingerprint density at radius 2 is 2.12 bits per heavy atom. The van der Waals surface area contributed by atoms with Gasteiger partial charge in [0.2, 0.25) is 0 Å². The predicted molar refractivity (Wildman–Crippen MR) is 97.0 cm³/mol. The Morgan fingerprint density at radius 3 is 2.72 bits per heavy atom. The van der Waals surface area contributed by atoms with Crippen molar-refractivity contribution in [2.24, 2.45) is 0 Å². The predicted octanol–water partition coefficient (Wildman–Crippen LogP) is 2.32. The Bertz CT molecular complexity index is 850. The molecule has 3 rings (SSSR count). The maximum absolute atomic E-state index is 12.1. The maximum Gasteiger partial charge on any atom is 0.357 e. The first-order chi connectivity index (χ1) is 12.1. The number of aromatic nitrogens is 1. The Balaban J connectivity index is 2.04. The average Bonchev–Trinajstić information content (AvgIpc) is 2.98. The number of hydrogen-bond donors (Lipinski definition) is 1. The Labute approximate surface area is 153 Å².